The lowest BCUT2D eigenvalue weighted by Crippen LogP contribution is -2.22. The predicted molar refractivity (Wildman–Crippen MR) is 117 cm³/mol. The van der Waals surface area contributed by atoms with Gasteiger partial charge in [-0.25, -0.2) is 9.97 Å². The predicted octanol–water partition coefficient (Wildman–Crippen LogP) is 3.90. The number of ketones is 1. The van der Waals surface area contributed by atoms with Gasteiger partial charge in [0, 0.05) is 18.2 Å². The fraction of sp³-hybridized carbons (Fsp3) is 0.250. The lowest BCUT2D eigenvalue weighted by atomic mass is 10.1. The maximum absolute atomic E-state index is 13.0. The van der Waals surface area contributed by atoms with E-state index in [-0.39, 0.29) is 30.4 Å². The fourth-order valence-corrected chi connectivity index (χ4v) is 3.66. The summed E-state index contributed by atoms with van der Waals surface area (Å²) < 4.78 is 10.5. The van der Waals surface area contributed by atoms with Crippen molar-refractivity contribution in [3.63, 3.8) is 0 Å². The Bertz CT molecular complexity index is 1140. The molecule has 0 bridgehead atoms. The molecule has 0 saturated heterocycles. The highest BCUT2D eigenvalue weighted by Crippen LogP contribution is 2.38. The third-order valence-electron chi connectivity index (χ3n) is 5.09. The number of Topliss-reactive ketones (excluding diaryl/α,β-unsaturated/α-hetero) is 1. The Hall–Kier alpha value is -3.58. The van der Waals surface area contributed by atoms with Gasteiger partial charge in [0.2, 0.25) is 11.7 Å². The normalized spacial score (nSPS) is 12.7. The summed E-state index contributed by atoms with van der Waals surface area (Å²) in [4.78, 5) is 36.6. The molecular weight excluding hydrogens is 394 g/mol. The summed E-state index contributed by atoms with van der Waals surface area (Å²) in [5.74, 6) is 1.12. The molecule has 2 heterocycles. The maximum Gasteiger partial charge on any atom is 0.237 e. The number of para-hydroxylation sites is 1. The summed E-state index contributed by atoms with van der Waals surface area (Å²) in [6.45, 7) is 4.30. The number of methoxy groups -OCH3 is 1. The van der Waals surface area contributed by atoms with Crippen LogP contribution in [0.1, 0.15) is 28.5 Å². The number of amides is 1. The number of hydrogen-bond acceptors (Lipinski definition) is 6. The van der Waals surface area contributed by atoms with Gasteiger partial charge in [-0.05, 0) is 49.7 Å². The molecule has 7 heteroatoms. The van der Waals surface area contributed by atoms with Gasteiger partial charge in [-0.1, -0.05) is 18.2 Å². The van der Waals surface area contributed by atoms with Crippen LogP contribution in [0.4, 0.5) is 11.5 Å². The number of anilines is 2. The summed E-state index contributed by atoms with van der Waals surface area (Å²) in [5.41, 5.74) is 3.16. The van der Waals surface area contributed by atoms with Crippen molar-refractivity contribution in [2.75, 3.05) is 25.2 Å². The van der Waals surface area contributed by atoms with Crippen molar-refractivity contribution in [3.05, 3.63) is 65.4 Å². The van der Waals surface area contributed by atoms with E-state index >= 15 is 0 Å². The van der Waals surface area contributed by atoms with Crippen LogP contribution in [-0.2, 0) is 16.0 Å². The highest BCUT2D eigenvalue weighted by Gasteiger charge is 2.35. The van der Waals surface area contributed by atoms with E-state index in [4.69, 9.17) is 14.5 Å². The number of aryl methyl sites for hydroxylation is 1. The monoisotopic (exact) mass is 417 g/mol. The number of ether oxygens (including phenoxy) is 2. The van der Waals surface area contributed by atoms with Crippen molar-refractivity contribution in [3.8, 4) is 17.1 Å². The number of aromatic nitrogens is 2. The van der Waals surface area contributed by atoms with Crippen LogP contribution in [0.3, 0.4) is 0 Å². The second-order valence-corrected chi connectivity index (χ2v) is 7.20. The molecule has 1 amide bonds. The van der Waals surface area contributed by atoms with Crippen molar-refractivity contribution in [1.29, 1.82) is 0 Å². The Balaban J connectivity index is 1.87. The fourth-order valence-electron chi connectivity index (χ4n) is 3.66. The van der Waals surface area contributed by atoms with Gasteiger partial charge in [0.25, 0.3) is 0 Å². The molecule has 4 rings (SSSR count). The van der Waals surface area contributed by atoms with E-state index in [1.54, 1.807) is 4.90 Å². The molecule has 2 aromatic carbocycles. The second kappa shape index (κ2) is 8.65. The summed E-state index contributed by atoms with van der Waals surface area (Å²) in [7, 11) is 1.46. The number of hydrogen-bond donors (Lipinski definition) is 0. The topological polar surface area (TPSA) is 81.6 Å². The SMILES string of the molecule is CCOc1ccc(-c2nc(C(=O)COC)c3c(n2)N(c2ccccc2C)C(=O)C3)cc1. The van der Waals surface area contributed by atoms with Crippen molar-refractivity contribution in [1.82, 2.24) is 9.97 Å². The summed E-state index contributed by atoms with van der Waals surface area (Å²) in [5, 5.41) is 0. The molecule has 0 fully saturated rings. The number of nitrogens with zero attached hydrogens (tertiary/aromatic N) is 3. The molecule has 0 unspecified atom stereocenters. The van der Waals surface area contributed by atoms with E-state index in [1.165, 1.54) is 7.11 Å². The zero-order valence-electron chi connectivity index (χ0n) is 17.7. The van der Waals surface area contributed by atoms with Crippen LogP contribution < -0.4 is 9.64 Å². The molecule has 0 radical (unpaired) electrons. The van der Waals surface area contributed by atoms with E-state index in [0.717, 1.165) is 22.6 Å². The smallest absolute Gasteiger partial charge is 0.237 e. The van der Waals surface area contributed by atoms with Crippen LogP contribution in [0.2, 0.25) is 0 Å². The molecule has 0 saturated carbocycles. The van der Waals surface area contributed by atoms with Gasteiger partial charge < -0.3 is 9.47 Å². The van der Waals surface area contributed by atoms with Gasteiger partial charge in [-0.3, -0.25) is 14.5 Å². The quantitative estimate of drug-likeness (QED) is 0.543. The van der Waals surface area contributed by atoms with Gasteiger partial charge >= 0.3 is 0 Å². The molecule has 0 N–H and O–H groups in total. The van der Waals surface area contributed by atoms with Gasteiger partial charge in [0.1, 0.15) is 23.9 Å². The molecule has 3 aromatic rings. The first-order valence-corrected chi connectivity index (χ1v) is 10.1. The number of rotatable bonds is 7. The van der Waals surface area contributed by atoms with Crippen molar-refractivity contribution >= 4 is 23.2 Å². The minimum Gasteiger partial charge on any atom is -0.494 e. The molecule has 31 heavy (non-hydrogen) atoms. The summed E-state index contributed by atoms with van der Waals surface area (Å²) >= 11 is 0. The van der Waals surface area contributed by atoms with E-state index in [0.29, 0.717) is 23.8 Å². The molecular formula is C24H23N3O4. The largest absolute Gasteiger partial charge is 0.494 e. The van der Waals surface area contributed by atoms with Crippen molar-refractivity contribution < 1.29 is 19.1 Å². The van der Waals surface area contributed by atoms with E-state index < -0.39 is 0 Å². The van der Waals surface area contributed by atoms with Gasteiger partial charge in [-0.2, -0.15) is 0 Å². The standard InChI is InChI=1S/C24H23N3O4/c1-4-31-17-11-9-16(10-12-17)23-25-22(20(28)14-30-3)18-13-21(29)27(24(18)26-23)19-8-6-5-7-15(19)2/h5-12H,4,13-14H2,1-3H3. The van der Waals surface area contributed by atoms with Gasteiger partial charge in [0.05, 0.1) is 18.7 Å². The molecule has 0 spiro atoms. The Morgan fingerprint density at radius 2 is 1.84 bits per heavy atom. The van der Waals surface area contributed by atoms with E-state index in [1.807, 2.05) is 62.4 Å². The molecule has 1 aliphatic heterocycles. The molecule has 1 aromatic heterocycles. The lowest BCUT2D eigenvalue weighted by molar-refractivity contribution is -0.116. The minimum absolute atomic E-state index is 0.0675. The van der Waals surface area contributed by atoms with Crippen LogP contribution in [0, 0.1) is 6.92 Å². The molecule has 0 aliphatic carbocycles. The van der Waals surface area contributed by atoms with Crippen molar-refractivity contribution in [2.45, 2.75) is 20.3 Å². The first kappa shape index (κ1) is 20.7. The molecule has 158 valence electrons. The van der Waals surface area contributed by atoms with Crippen molar-refractivity contribution in [2.24, 2.45) is 0 Å². The molecule has 1 aliphatic rings. The van der Waals surface area contributed by atoms with E-state index in [9.17, 15) is 9.59 Å². The first-order chi connectivity index (χ1) is 15.0. The van der Waals surface area contributed by atoms with Crippen LogP contribution in [0.25, 0.3) is 11.4 Å². The molecule has 7 nitrogen and oxygen atoms in total. The Morgan fingerprint density at radius 3 is 2.52 bits per heavy atom. The van der Waals surface area contributed by atoms with E-state index in [2.05, 4.69) is 4.98 Å². The van der Waals surface area contributed by atoms with Crippen LogP contribution in [0.5, 0.6) is 5.75 Å². The highest BCUT2D eigenvalue weighted by atomic mass is 16.5. The average Bonchev–Trinajstić information content (AvgIpc) is 3.10. The highest BCUT2D eigenvalue weighted by molar-refractivity contribution is 6.10. The van der Waals surface area contributed by atoms with Crippen LogP contribution in [-0.4, -0.2) is 42.0 Å². The zero-order chi connectivity index (χ0) is 22.0. The number of carbonyl (C=O) groups is 2. The Morgan fingerprint density at radius 1 is 1.10 bits per heavy atom. The summed E-state index contributed by atoms with van der Waals surface area (Å²) in [6.07, 6.45) is 0.0675. The zero-order valence-corrected chi connectivity index (χ0v) is 17.7. The Kier molecular flexibility index (Phi) is 5.77. The van der Waals surface area contributed by atoms with Crippen LogP contribution >= 0.6 is 0 Å². The average molecular weight is 417 g/mol. The summed E-state index contributed by atoms with van der Waals surface area (Å²) in [6, 6.07) is 14.9. The second-order valence-electron chi connectivity index (χ2n) is 7.20. The molecule has 0 atom stereocenters. The van der Waals surface area contributed by atoms with Gasteiger partial charge in [0.15, 0.2) is 5.82 Å². The van der Waals surface area contributed by atoms with Crippen LogP contribution in [0.15, 0.2) is 48.5 Å². The third-order valence-corrected chi connectivity index (χ3v) is 5.09. The first-order valence-electron chi connectivity index (χ1n) is 10.1. The lowest BCUT2D eigenvalue weighted by Gasteiger charge is -2.19. The maximum atomic E-state index is 13.0. The third kappa shape index (κ3) is 3.92. The number of fused-ring (bicyclic) bond motifs is 1. The Labute approximate surface area is 180 Å². The van der Waals surface area contributed by atoms with Gasteiger partial charge in [-0.15, -0.1) is 0 Å². The minimum atomic E-state index is -0.284. The number of carbonyl (C=O) groups excluding carboxylic acids is 2. The number of benzene rings is 2.